The molecule has 2 aromatic heterocycles. The molecule has 0 atom stereocenters. The Bertz CT molecular complexity index is 1170. The highest BCUT2D eigenvalue weighted by Gasteiger charge is 2.30. The third-order valence-electron chi connectivity index (χ3n) is 6.76. The quantitative estimate of drug-likeness (QED) is 0.676. The molecule has 0 spiro atoms. The fraction of sp³-hybridized carbons (Fsp3) is 0.522. The lowest BCUT2D eigenvalue weighted by Gasteiger charge is -2.34. The van der Waals surface area contributed by atoms with Crippen molar-refractivity contribution in [1.82, 2.24) is 29.9 Å². The maximum Gasteiger partial charge on any atom is 0.281 e. The Morgan fingerprint density at radius 1 is 1.12 bits per heavy atom. The van der Waals surface area contributed by atoms with Crippen LogP contribution >= 0.6 is 0 Å². The van der Waals surface area contributed by atoms with Crippen LogP contribution in [0.3, 0.4) is 0 Å². The van der Waals surface area contributed by atoms with E-state index in [1.165, 1.54) is 23.2 Å². The van der Waals surface area contributed by atoms with E-state index in [9.17, 15) is 14.0 Å². The van der Waals surface area contributed by atoms with Crippen LogP contribution in [0.1, 0.15) is 62.3 Å². The van der Waals surface area contributed by atoms with Gasteiger partial charge in [-0.15, -0.1) is 5.10 Å². The molecule has 3 aromatic rings. The number of benzene rings is 1. The molecule has 0 bridgehead atoms. The average Bonchev–Trinajstić information content (AvgIpc) is 3.22. The number of amides is 1. The number of H-pyrrole nitrogens is 1. The average molecular weight is 439 g/mol. The summed E-state index contributed by atoms with van der Waals surface area (Å²) in [5.41, 5.74) is 0.968. The highest BCUT2D eigenvalue weighted by Crippen LogP contribution is 2.30. The van der Waals surface area contributed by atoms with Gasteiger partial charge >= 0.3 is 0 Å². The number of carbonyl (C=O) groups is 1. The van der Waals surface area contributed by atoms with E-state index < -0.39 is 0 Å². The largest absolute Gasteiger partial charge is 0.342 e. The van der Waals surface area contributed by atoms with Gasteiger partial charge in [-0.2, -0.15) is 0 Å². The summed E-state index contributed by atoms with van der Waals surface area (Å²) in [7, 11) is 0. The van der Waals surface area contributed by atoms with Crippen molar-refractivity contribution in [2.24, 2.45) is 5.92 Å². The predicted octanol–water partition coefficient (Wildman–Crippen LogP) is 2.99. The number of piperidine rings is 1. The van der Waals surface area contributed by atoms with Gasteiger partial charge in [-0.25, -0.2) is 14.1 Å². The zero-order valence-electron chi connectivity index (χ0n) is 18.0. The molecule has 1 amide bonds. The number of aromatic nitrogens is 5. The Kier molecular flexibility index (Phi) is 5.71. The Labute approximate surface area is 184 Å². The predicted molar refractivity (Wildman–Crippen MR) is 117 cm³/mol. The van der Waals surface area contributed by atoms with E-state index in [0.717, 1.165) is 44.1 Å². The van der Waals surface area contributed by atoms with E-state index in [1.54, 1.807) is 12.1 Å². The van der Waals surface area contributed by atoms with Gasteiger partial charge in [0.05, 0.1) is 6.54 Å². The monoisotopic (exact) mass is 438 g/mol. The van der Waals surface area contributed by atoms with Crippen molar-refractivity contribution in [3.63, 3.8) is 0 Å². The van der Waals surface area contributed by atoms with Crippen LogP contribution in [0.4, 0.5) is 4.39 Å². The summed E-state index contributed by atoms with van der Waals surface area (Å²) < 4.78 is 15.1. The van der Waals surface area contributed by atoms with Crippen molar-refractivity contribution in [3.05, 3.63) is 51.8 Å². The highest BCUT2D eigenvalue weighted by atomic mass is 19.1. The van der Waals surface area contributed by atoms with Gasteiger partial charge in [0.2, 0.25) is 5.91 Å². The van der Waals surface area contributed by atoms with Gasteiger partial charge in [-0.05, 0) is 43.4 Å². The molecule has 1 saturated carbocycles. The fourth-order valence-electron chi connectivity index (χ4n) is 4.97. The topological polar surface area (TPSA) is 96.8 Å². The second-order valence-corrected chi connectivity index (χ2v) is 8.93. The van der Waals surface area contributed by atoms with E-state index >= 15 is 0 Å². The first kappa shape index (κ1) is 20.8. The van der Waals surface area contributed by atoms with E-state index in [-0.39, 0.29) is 41.2 Å². The lowest BCUT2D eigenvalue weighted by Crippen LogP contribution is -2.42. The number of fused-ring (bicyclic) bond motifs is 1. The summed E-state index contributed by atoms with van der Waals surface area (Å²) in [6, 6.07) is 6.25. The fourth-order valence-corrected chi connectivity index (χ4v) is 4.97. The van der Waals surface area contributed by atoms with Crippen molar-refractivity contribution >= 4 is 17.1 Å². The second-order valence-electron chi connectivity index (χ2n) is 8.93. The van der Waals surface area contributed by atoms with E-state index in [1.807, 2.05) is 4.90 Å². The highest BCUT2D eigenvalue weighted by molar-refractivity contribution is 5.79. The number of likely N-dealkylation sites (tertiary alicyclic amines) is 1. The van der Waals surface area contributed by atoms with Crippen LogP contribution in [0.5, 0.6) is 0 Å². The Morgan fingerprint density at radius 3 is 2.66 bits per heavy atom. The third-order valence-corrected chi connectivity index (χ3v) is 6.76. The zero-order valence-corrected chi connectivity index (χ0v) is 18.0. The smallest absolute Gasteiger partial charge is 0.281 e. The number of nitrogens with one attached hydrogen (secondary N) is 1. The van der Waals surface area contributed by atoms with Crippen molar-refractivity contribution < 1.29 is 9.18 Å². The molecule has 1 aliphatic heterocycles. The standard InChI is InChI=1S/C23H27FN6O2/c24-18-8-4-5-15(13-18)14-30-21-19(27-28-30)22(31)26-20(25-21)16-9-11-29(12-10-16)23(32)17-6-2-1-3-7-17/h4-5,8,13,16-17H,1-3,6-7,9-12,14H2,(H,25,26,31). The molecular formula is C23H27FN6O2. The van der Waals surface area contributed by atoms with Crippen molar-refractivity contribution in [1.29, 1.82) is 0 Å². The molecular weight excluding hydrogens is 411 g/mol. The molecule has 1 N–H and O–H groups in total. The van der Waals surface area contributed by atoms with Gasteiger partial charge in [0.15, 0.2) is 11.2 Å². The normalized spacial score (nSPS) is 18.3. The minimum absolute atomic E-state index is 0.0695. The maximum absolute atomic E-state index is 13.5. The molecule has 5 rings (SSSR count). The van der Waals surface area contributed by atoms with Crippen LogP contribution in [-0.2, 0) is 11.3 Å². The molecule has 168 valence electrons. The Balaban J connectivity index is 1.32. The third kappa shape index (κ3) is 4.16. The lowest BCUT2D eigenvalue weighted by molar-refractivity contribution is -0.137. The zero-order chi connectivity index (χ0) is 22.1. The Hall–Kier alpha value is -3.10. The molecule has 3 heterocycles. The van der Waals surface area contributed by atoms with Crippen molar-refractivity contribution in [3.8, 4) is 0 Å². The van der Waals surface area contributed by atoms with Gasteiger partial charge < -0.3 is 9.88 Å². The van der Waals surface area contributed by atoms with Gasteiger partial charge in [0.25, 0.3) is 5.56 Å². The number of aromatic amines is 1. The van der Waals surface area contributed by atoms with Crippen molar-refractivity contribution in [2.45, 2.75) is 57.4 Å². The molecule has 9 heteroatoms. The SMILES string of the molecule is O=C(C1CCCCC1)N1CCC(c2nc3c(nnn3Cc3cccc(F)c3)c(=O)[nH]2)CC1. The summed E-state index contributed by atoms with van der Waals surface area (Å²) in [4.78, 5) is 35.0. The van der Waals surface area contributed by atoms with Gasteiger partial charge in [-0.3, -0.25) is 9.59 Å². The molecule has 2 fully saturated rings. The van der Waals surface area contributed by atoms with E-state index in [2.05, 4.69) is 20.3 Å². The number of halogens is 1. The number of rotatable bonds is 4. The second kappa shape index (κ2) is 8.80. The first-order valence-corrected chi connectivity index (χ1v) is 11.4. The first-order valence-electron chi connectivity index (χ1n) is 11.4. The number of hydrogen-bond donors (Lipinski definition) is 1. The summed E-state index contributed by atoms with van der Waals surface area (Å²) >= 11 is 0. The van der Waals surface area contributed by atoms with E-state index in [0.29, 0.717) is 24.6 Å². The number of hydrogen-bond acceptors (Lipinski definition) is 5. The van der Waals surface area contributed by atoms with Crippen LogP contribution in [0.25, 0.3) is 11.2 Å². The molecule has 1 saturated heterocycles. The summed E-state index contributed by atoms with van der Waals surface area (Å²) in [6.07, 6.45) is 7.07. The van der Waals surface area contributed by atoms with Crippen molar-refractivity contribution in [2.75, 3.05) is 13.1 Å². The summed E-state index contributed by atoms with van der Waals surface area (Å²) in [5, 5.41) is 8.03. The molecule has 8 nitrogen and oxygen atoms in total. The molecule has 1 aromatic carbocycles. The molecule has 0 unspecified atom stereocenters. The van der Waals surface area contributed by atoms with Gasteiger partial charge in [-0.1, -0.05) is 36.6 Å². The van der Waals surface area contributed by atoms with E-state index in [4.69, 9.17) is 0 Å². The summed E-state index contributed by atoms with van der Waals surface area (Å²) in [5.74, 6) is 0.818. The lowest BCUT2D eigenvalue weighted by atomic mass is 9.87. The van der Waals surface area contributed by atoms with Crippen LogP contribution in [0.2, 0.25) is 0 Å². The van der Waals surface area contributed by atoms with Gasteiger partial charge in [0, 0.05) is 24.9 Å². The van der Waals surface area contributed by atoms with Gasteiger partial charge in [0.1, 0.15) is 11.6 Å². The molecule has 0 radical (unpaired) electrons. The molecule has 2 aliphatic rings. The Morgan fingerprint density at radius 2 is 1.91 bits per heavy atom. The number of nitrogens with zero attached hydrogens (tertiary/aromatic N) is 5. The van der Waals surface area contributed by atoms with Crippen LogP contribution in [0, 0.1) is 11.7 Å². The molecule has 1 aliphatic carbocycles. The van der Waals surface area contributed by atoms with Crippen LogP contribution < -0.4 is 5.56 Å². The minimum Gasteiger partial charge on any atom is -0.342 e. The maximum atomic E-state index is 13.5. The molecule has 32 heavy (non-hydrogen) atoms. The van der Waals surface area contributed by atoms with Crippen LogP contribution in [0.15, 0.2) is 29.1 Å². The summed E-state index contributed by atoms with van der Waals surface area (Å²) in [6.45, 7) is 1.64. The minimum atomic E-state index is -0.326. The first-order chi connectivity index (χ1) is 15.6. The van der Waals surface area contributed by atoms with Crippen LogP contribution in [-0.4, -0.2) is 48.9 Å². The number of carbonyl (C=O) groups excluding carboxylic acids is 1.